The zero-order valence-electron chi connectivity index (χ0n) is 34.5. The van der Waals surface area contributed by atoms with E-state index in [9.17, 15) is 19.2 Å². The Bertz CT molecular complexity index is 2830. The van der Waals surface area contributed by atoms with Crippen molar-refractivity contribution in [1.82, 2.24) is 4.57 Å². The highest BCUT2D eigenvalue weighted by molar-refractivity contribution is 7.67. The maximum atomic E-state index is 14.1. The summed E-state index contributed by atoms with van der Waals surface area (Å²) in [6.07, 6.45) is -7.36. The maximum absolute atomic E-state index is 14.1. The van der Waals surface area contributed by atoms with Crippen LogP contribution in [0.25, 0.3) is 5.69 Å². The monoisotopic (exact) mass is 949 g/mol. The number of carbonyl (C=O) groups is 4. The van der Waals surface area contributed by atoms with Gasteiger partial charge in [0.1, 0.15) is 12.7 Å². The molecule has 16 heteroatoms. The molecule has 6 aromatic carbocycles. The van der Waals surface area contributed by atoms with E-state index in [1.807, 2.05) is 66.1 Å². The third-order valence-corrected chi connectivity index (χ3v) is 12.0. The van der Waals surface area contributed by atoms with Crippen LogP contribution in [0.15, 0.2) is 186 Å². The Morgan fingerprint density at radius 3 is 1.45 bits per heavy atom. The third kappa shape index (κ3) is 11.7. The van der Waals surface area contributed by atoms with Gasteiger partial charge in [-0.2, -0.15) is 0 Å². The molecule has 1 aliphatic rings. The Morgan fingerprint density at radius 1 is 0.523 bits per heavy atom. The van der Waals surface area contributed by atoms with Crippen molar-refractivity contribution < 1.29 is 42.9 Å². The Kier molecular flexibility index (Phi) is 16.8. The van der Waals surface area contributed by atoms with Crippen molar-refractivity contribution in [1.29, 1.82) is 0 Å². The van der Waals surface area contributed by atoms with Gasteiger partial charge in [-0.15, -0.1) is 24.8 Å². The predicted molar refractivity (Wildman–Crippen MR) is 250 cm³/mol. The van der Waals surface area contributed by atoms with Gasteiger partial charge in [-0.3, -0.25) is 4.57 Å². The Morgan fingerprint density at radius 2 is 0.938 bits per heavy atom. The molecule has 1 saturated heterocycles. The lowest BCUT2D eigenvalue weighted by Crippen LogP contribution is -2.62. The molecule has 65 heavy (non-hydrogen) atoms. The van der Waals surface area contributed by atoms with Gasteiger partial charge in [-0.1, -0.05) is 109 Å². The van der Waals surface area contributed by atoms with E-state index in [1.165, 1.54) is 20.7 Å². The van der Waals surface area contributed by atoms with Gasteiger partial charge < -0.3 is 23.7 Å². The van der Waals surface area contributed by atoms with Crippen molar-refractivity contribution >= 4 is 75.1 Å². The fraction of sp³-hybridized carbons (Fsp3) is 0.143. The number of hydrogen-bond donors (Lipinski definition) is 0. The molecule has 0 saturated carbocycles. The van der Waals surface area contributed by atoms with Gasteiger partial charge in [-0.05, 0) is 99.9 Å². The van der Waals surface area contributed by atoms with E-state index in [2.05, 4.69) is 0 Å². The molecular weight excluding hydrogens is 910 g/mol. The predicted octanol–water partition coefficient (Wildman–Crippen LogP) is 9.14. The van der Waals surface area contributed by atoms with Gasteiger partial charge in [0, 0.05) is 0 Å². The van der Waals surface area contributed by atoms with Crippen LogP contribution in [0.2, 0.25) is 0 Å². The largest absolute Gasteiger partial charge is 0.459 e. The number of rotatable bonds is 12. The fourth-order valence-electron chi connectivity index (χ4n) is 6.77. The summed E-state index contributed by atoms with van der Waals surface area (Å²) in [5.74, 6) is -3.06. The molecule has 0 unspecified atom stereocenters. The van der Waals surface area contributed by atoms with Gasteiger partial charge in [0.15, 0.2) is 24.5 Å². The zero-order valence-corrected chi connectivity index (χ0v) is 37.8. The summed E-state index contributed by atoms with van der Waals surface area (Å²) in [6.45, 7) is 1.48. The molecule has 12 nitrogen and oxygen atoms in total. The third-order valence-electron chi connectivity index (χ3n) is 9.90. The second-order valence-corrected chi connectivity index (χ2v) is 16.2. The summed E-state index contributed by atoms with van der Waals surface area (Å²) < 4.78 is 33.2. The van der Waals surface area contributed by atoms with Gasteiger partial charge >= 0.3 is 23.9 Å². The van der Waals surface area contributed by atoms with E-state index in [-0.39, 0.29) is 47.1 Å². The normalized spacial score (nSPS) is 18.3. The standard InChI is InChI=1S/C49H39N3O9S2.2ClH/c1-32-19-17-18-30-38(32)52-48(50-37-28-15-6-16-29-37)62-63-49(52)51-43-42(61-47(56)36-26-13-5-14-27-36)41(60-46(55)35-24-11-4-12-25-35)40(59-45(54)34-22-9-3-10-23-34)39(58-43)31-57-44(53)33-20-7-2-8-21-33;;/h2-30,39-43H,31H2,1H3;2*1H/b50-48?,51-49+;;/t39-,40-,41+,42-,43-;;/m1../s1. The molecule has 5 atom stereocenters. The molecule has 1 aliphatic heterocycles. The number of ether oxygens (including phenoxy) is 5. The number of para-hydroxylation sites is 2. The molecule has 0 radical (unpaired) electrons. The molecule has 2 heterocycles. The zero-order chi connectivity index (χ0) is 43.5. The van der Waals surface area contributed by atoms with E-state index < -0.39 is 61.1 Å². The molecule has 0 aliphatic carbocycles. The van der Waals surface area contributed by atoms with E-state index in [4.69, 9.17) is 33.7 Å². The average Bonchev–Trinajstić information content (AvgIpc) is 3.72. The first-order valence-corrected chi connectivity index (χ1v) is 22.0. The van der Waals surface area contributed by atoms with Crippen LogP contribution in [0.3, 0.4) is 0 Å². The lowest BCUT2D eigenvalue weighted by Gasteiger charge is -2.43. The van der Waals surface area contributed by atoms with E-state index >= 15 is 0 Å². The van der Waals surface area contributed by atoms with Crippen LogP contribution >= 0.6 is 45.5 Å². The second-order valence-electron chi connectivity index (χ2n) is 14.2. The average molecular weight is 951 g/mol. The molecule has 0 bridgehead atoms. The van der Waals surface area contributed by atoms with Crippen LogP contribution in [-0.2, 0) is 23.7 Å². The highest BCUT2D eigenvalue weighted by Gasteiger charge is 2.53. The van der Waals surface area contributed by atoms with Crippen LogP contribution in [-0.4, -0.2) is 65.7 Å². The number of hydrogen-bond acceptors (Lipinski definition) is 13. The topological polar surface area (TPSA) is 144 Å². The molecular formula is C49H41Cl2N3O9S2. The van der Waals surface area contributed by atoms with E-state index in [1.54, 1.807) is 121 Å². The van der Waals surface area contributed by atoms with Crippen molar-refractivity contribution in [2.75, 3.05) is 6.61 Å². The number of nitrogens with zero attached hydrogens (tertiary/aromatic N) is 3. The van der Waals surface area contributed by atoms with Gasteiger partial charge in [-0.25, -0.2) is 29.2 Å². The minimum atomic E-state index is -1.56. The number of halogens is 2. The first kappa shape index (κ1) is 47.8. The van der Waals surface area contributed by atoms with E-state index in [0.29, 0.717) is 15.3 Å². The maximum Gasteiger partial charge on any atom is 0.338 e. The first-order valence-electron chi connectivity index (χ1n) is 19.9. The summed E-state index contributed by atoms with van der Waals surface area (Å²) in [6, 6.07) is 50.2. The van der Waals surface area contributed by atoms with Gasteiger partial charge in [0.05, 0.1) is 33.6 Å². The van der Waals surface area contributed by atoms with Crippen LogP contribution in [0, 0.1) is 6.92 Å². The Hall–Kier alpha value is -6.68. The Balaban J connectivity index is 0.00000350. The van der Waals surface area contributed by atoms with Crippen molar-refractivity contribution in [2.24, 2.45) is 9.98 Å². The van der Waals surface area contributed by atoms with Crippen molar-refractivity contribution in [3.05, 3.63) is 213 Å². The van der Waals surface area contributed by atoms with E-state index in [0.717, 1.165) is 11.3 Å². The molecule has 332 valence electrons. The number of aromatic nitrogens is 1. The Labute approximate surface area is 393 Å². The minimum Gasteiger partial charge on any atom is -0.459 e. The number of aryl methyl sites for hydroxylation is 1. The lowest BCUT2D eigenvalue weighted by molar-refractivity contribution is -0.227. The SMILES string of the molecule is Cc1ccccc1-n1c(=Nc2ccccc2)ss/c1=N/[C@@H]1O[C@H](COC(=O)c2ccccc2)[C@@H](OC(=O)c2ccccc2)[C@H](OC(=O)c2ccccc2)[C@H]1OC(=O)c1ccccc1.Cl.Cl. The molecule has 0 amide bonds. The summed E-state index contributed by atoms with van der Waals surface area (Å²) >= 11 is 0. The first-order chi connectivity index (χ1) is 30.8. The summed E-state index contributed by atoms with van der Waals surface area (Å²) in [5, 5.41) is 0. The summed E-state index contributed by atoms with van der Waals surface area (Å²) in [5.41, 5.74) is 3.22. The number of benzene rings is 6. The van der Waals surface area contributed by atoms with Crippen LogP contribution in [0.4, 0.5) is 5.69 Å². The molecule has 7 aromatic rings. The van der Waals surface area contributed by atoms with Gasteiger partial charge in [0.2, 0.25) is 9.60 Å². The van der Waals surface area contributed by atoms with Crippen LogP contribution < -0.4 is 9.60 Å². The minimum absolute atomic E-state index is 0. The molecule has 1 fully saturated rings. The van der Waals surface area contributed by atoms with Crippen molar-refractivity contribution in [3.8, 4) is 5.69 Å². The van der Waals surface area contributed by atoms with Crippen molar-refractivity contribution in [3.63, 3.8) is 0 Å². The van der Waals surface area contributed by atoms with Crippen LogP contribution in [0.1, 0.15) is 47.0 Å². The second kappa shape index (κ2) is 22.8. The molecule has 1 aromatic heterocycles. The smallest absolute Gasteiger partial charge is 0.338 e. The molecule has 0 N–H and O–H groups in total. The lowest BCUT2D eigenvalue weighted by atomic mass is 9.97. The molecule has 0 spiro atoms. The highest BCUT2D eigenvalue weighted by Crippen LogP contribution is 2.32. The van der Waals surface area contributed by atoms with Crippen molar-refractivity contribution in [2.45, 2.75) is 37.6 Å². The van der Waals surface area contributed by atoms with Gasteiger partial charge in [0.25, 0.3) is 0 Å². The number of esters is 4. The molecule has 8 rings (SSSR count). The number of carbonyl (C=O) groups excluding carboxylic acids is 4. The highest BCUT2D eigenvalue weighted by atomic mass is 35.5. The van der Waals surface area contributed by atoms with Crippen LogP contribution in [0.5, 0.6) is 0 Å². The summed E-state index contributed by atoms with van der Waals surface area (Å²) in [4.78, 5) is 66.7. The fourth-order valence-corrected chi connectivity index (χ4v) is 8.92. The quantitative estimate of drug-likeness (QED) is 0.0666. The summed E-state index contributed by atoms with van der Waals surface area (Å²) in [7, 11) is 2.65.